The van der Waals surface area contributed by atoms with Gasteiger partial charge in [0, 0.05) is 30.3 Å². The van der Waals surface area contributed by atoms with E-state index < -0.39 is 17.7 Å². The van der Waals surface area contributed by atoms with E-state index in [0.29, 0.717) is 0 Å². The van der Waals surface area contributed by atoms with E-state index in [4.69, 9.17) is 16.2 Å². The molecule has 0 spiro atoms. The minimum atomic E-state index is -0.832. The molecule has 0 radical (unpaired) electrons. The van der Waals surface area contributed by atoms with Crippen LogP contribution in [0.4, 0.5) is 8.78 Å². The zero-order valence-electron chi connectivity index (χ0n) is 8.17. The molecule has 0 heterocycles. The Morgan fingerprint density at radius 3 is 2.13 bits per heavy atom. The van der Waals surface area contributed by atoms with Gasteiger partial charge in [-0.15, -0.1) is 12.4 Å². The summed E-state index contributed by atoms with van der Waals surface area (Å²) in [6.45, 7) is -0.0137. The first kappa shape index (κ1) is 14.1. The number of ether oxygens (including phenoxy) is 1. The highest BCUT2D eigenvalue weighted by Gasteiger charge is 2.16. The van der Waals surface area contributed by atoms with Crippen LogP contribution in [-0.4, -0.2) is 13.7 Å². The Morgan fingerprint density at radius 2 is 1.80 bits per heavy atom. The smallest absolute Gasteiger partial charge is 0.134 e. The van der Waals surface area contributed by atoms with Crippen LogP contribution in [-0.2, 0) is 0 Å². The van der Waals surface area contributed by atoms with E-state index in [1.54, 1.807) is 0 Å². The van der Waals surface area contributed by atoms with Gasteiger partial charge in [0.25, 0.3) is 0 Å². The summed E-state index contributed by atoms with van der Waals surface area (Å²) in [5, 5.41) is 0. The summed E-state index contributed by atoms with van der Waals surface area (Å²) in [4.78, 5) is 0. The van der Waals surface area contributed by atoms with E-state index in [-0.39, 0.29) is 30.3 Å². The molecular weight excluding hydrogens is 226 g/mol. The molecule has 0 aliphatic carbocycles. The van der Waals surface area contributed by atoms with Gasteiger partial charge in [-0.2, -0.15) is 0 Å². The molecule has 1 atom stereocenters. The number of benzene rings is 1. The molecule has 1 aromatic carbocycles. The van der Waals surface area contributed by atoms with Gasteiger partial charge in [-0.1, -0.05) is 0 Å². The average molecular weight is 239 g/mol. The van der Waals surface area contributed by atoms with Gasteiger partial charge in [-0.05, 0) is 0 Å². The minimum Gasteiger partial charge on any atom is -0.497 e. The first-order chi connectivity index (χ1) is 6.60. The monoisotopic (exact) mass is 238 g/mol. The lowest BCUT2D eigenvalue weighted by atomic mass is 10.1. The lowest BCUT2D eigenvalue weighted by molar-refractivity contribution is 0.403. The van der Waals surface area contributed by atoms with Gasteiger partial charge in [0.1, 0.15) is 17.4 Å². The Labute approximate surface area is 92.8 Å². The fourth-order valence-corrected chi connectivity index (χ4v) is 1.15. The van der Waals surface area contributed by atoms with Gasteiger partial charge < -0.3 is 16.2 Å². The highest BCUT2D eigenvalue weighted by atomic mass is 35.5. The summed E-state index contributed by atoms with van der Waals surface area (Å²) >= 11 is 0. The Balaban J connectivity index is 0.00000196. The van der Waals surface area contributed by atoms with Crippen molar-refractivity contribution >= 4 is 12.4 Å². The van der Waals surface area contributed by atoms with Crippen molar-refractivity contribution in [2.75, 3.05) is 13.7 Å². The third-order valence-electron chi connectivity index (χ3n) is 1.91. The second-order valence-electron chi connectivity index (χ2n) is 2.85. The van der Waals surface area contributed by atoms with Gasteiger partial charge in [0.2, 0.25) is 0 Å². The predicted molar refractivity (Wildman–Crippen MR) is 56.1 cm³/mol. The molecular formula is C9H13ClF2N2O. The van der Waals surface area contributed by atoms with Crippen molar-refractivity contribution in [3.8, 4) is 5.75 Å². The van der Waals surface area contributed by atoms with Gasteiger partial charge >= 0.3 is 0 Å². The molecule has 3 nitrogen and oxygen atoms in total. The zero-order chi connectivity index (χ0) is 10.7. The van der Waals surface area contributed by atoms with E-state index in [1.807, 2.05) is 0 Å². The summed E-state index contributed by atoms with van der Waals surface area (Å²) < 4.78 is 31.3. The number of hydrogen-bond acceptors (Lipinski definition) is 3. The van der Waals surface area contributed by atoms with Gasteiger partial charge in [-0.25, -0.2) is 8.78 Å². The van der Waals surface area contributed by atoms with Crippen molar-refractivity contribution < 1.29 is 13.5 Å². The number of halogens is 3. The van der Waals surface area contributed by atoms with Crippen molar-refractivity contribution in [1.82, 2.24) is 0 Å². The van der Waals surface area contributed by atoms with Crippen LogP contribution in [0.1, 0.15) is 11.6 Å². The molecule has 0 aliphatic rings. The molecule has 0 aromatic heterocycles. The lowest BCUT2D eigenvalue weighted by Crippen LogP contribution is -2.23. The molecule has 0 amide bonds. The number of rotatable bonds is 3. The van der Waals surface area contributed by atoms with Crippen molar-refractivity contribution in [1.29, 1.82) is 0 Å². The molecule has 0 saturated carbocycles. The van der Waals surface area contributed by atoms with Crippen LogP contribution in [0.25, 0.3) is 0 Å². The van der Waals surface area contributed by atoms with E-state index in [1.165, 1.54) is 7.11 Å². The largest absolute Gasteiger partial charge is 0.497 e. The normalized spacial score (nSPS) is 11.8. The maximum Gasteiger partial charge on any atom is 0.134 e. The molecule has 1 aromatic rings. The Hall–Kier alpha value is -0.910. The number of hydrogen-bond donors (Lipinski definition) is 2. The molecule has 6 heteroatoms. The van der Waals surface area contributed by atoms with Crippen molar-refractivity contribution in [3.63, 3.8) is 0 Å². The minimum absolute atomic E-state index is 0. The Morgan fingerprint density at radius 1 is 1.33 bits per heavy atom. The molecule has 86 valence electrons. The second-order valence-corrected chi connectivity index (χ2v) is 2.85. The molecule has 4 N–H and O–H groups in total. The van der Waals surface area contributed by atoms with Crippen LogP contribution in [0.15, 0.2) is 12.1 Å². The van der Waals surface area contributed by atoms with Crippen molar-refractivity contribution in [2.24, 2.45) is 11.5 Å². The maximum absolute atomic E-state index is 13.3. The summed E-state index contributed by atoms with van der Waals surface area (Å²) in [7, 11) is 1.33. The quantitative estimate of drug-likeness (QED) is 0.836. The molecule has 0 aliphatic heterocycles. The Bertz CT molecular complexity index is 313. The van der Waals surface area contributed by atoms with Crippen LogP contribution in [0.3, 0.4) is 0 Å². The van der Waals surface area contributed by atoms with Gasteiger partial charge in [0.15, 0.2) is 0 Å². The summed E-state index contributed by atoms with van der Waals surface area (Å²) in [5.74, 6) is -1.35. The molecule has 0 unspecified atom stereocenters. The summed E-state index contributed by atoms with van der Waals surface area (Å²) in [6.07, 6.45) is 0. The lowest BCUT2D eigenvalue weighted by Gasteiger charge is -2.12. The predicted octanol–water partition coefficient (Wildman–Crippen LogP) is 1.35. The van der Waals surface area contributed by atoms with Gasteiger partial charge in [0.05, 0.1) is 7.11 Å². The Kier molecular flexibility index (Phi) is 5.49. The fourth-order valence-electron chi connectivity index (χ4n) is 1.15. The number of nitrogens with two attached hydrogens (primary N) is 2. The highest BCUT2D eigenvalue weighted by molar-refractivity contribution is 5.85. The molecule has 0 fully saturated rings. The first-order valence-electron chi connectivity index (χ1n) is 4.08. The number of methoxy groups -OCH3 is 1. The van der Waals surface area contributed by atoms with E-state index in [9.17, 15) is 8.78 Å². The fraction of sp³-hybridized carbons (Fsp3) is 0.333. The SMILES string of the molecule is COc1cc(F)c([C@H](N)CN)c(F)c1.Cl. The van der Waals surface area contributed by atoms with Crippen LogP contribution in [0.2, 0.25) is 0 Å². The first-order valence-corrected chi connectivity index (χ1v) is 4.08. The molecule has 15 heavy (non-hydrogen) atoms. The topological polar surface area (TPSA) is 61.3 Å². The standard InChI is InChI=1S/C9H12F2N2O.ClH/c1-14-5-2-6(10)9(7(11)3-5)8(13)4-12;/h2-3,8H,4,12-13H2,1H3;1H/t8-;/m1./s1. The van der Waals surface area contributed by atoms with E-state index >= 15 is 0 Å². The van der Waals surface area contributed by atoms with Crippen LogP contribution >= 0.6 is 12.4 Å². The summed E-state index contributed by atoms with van der Waals surface area (Å²) in [6, 6.07) is 1.32. The molecule has 0 bridgehead atoms. The second kappa shape index (κ2) is 5.85. The zero-order valence-corrected chi connectivity index (χ0v) is 8.98. The van der Waals surface area contributed by atoms with Crippen molar-refractivity contribution in [3.05, 3.63) is 29.3 Å². The van der Waals surface area contributed by atoms with Crippen LogP contribution < -0.4 is 16.2 Å². The van der Waals surface area contributed by atoms with Crippen molar-refractivity contribution in [2.45, 2.75) is 6.04 Å². The van der Waals surface area contributed by atoms with Crippen LogP contribution in [0.5, 0.6) is 5.75 Å². The molecule has 0 saturated heterocycles. The third kappa shape index (κ3) is 3.02. The summed E-state index contributed by atoms with van der Waals surface area (Å²) in [5.41, 5.74) is 10.5. The third-order valence-corrected chi connectivity index (χ3v) is 1.91. The maximum atomic E-state index is 13.3. The van der Waals surface area contributed by atoms with Gasteiger partial charge in [-0.3, -0.25) is 0 Å². The highest BCUT2D eigenvalue weighted by Crippen LogP contribution is 2.23. The van der Waals surface area contributed by atoms with Crippen LogP contribution in [0, 0.1) is 11.6 Å². The van der Waals surface area contributed by atoms with E-state index in [2.05, 4.69) is 0 Å². The average Bonchev–Trinajstić information content (AvgIpc) is 2.16. The molecule has 1 rings (SSSR count). The van der Waals surface area contributed by atoms with E-state index in [0.717, 1.165) is 12.1 Å².